The monoisotopic (exact) mass is 359 g/mol. The molecule has 2 fully saturated rings. The predicted molar refractivity (Wildman–Crippen MR) is 99.3 cm³/mol. The van der Waals surface area contributed by atoms with Crippen molar-refractivity contribution < 1.29 is 9.59 Å². The summed E-state index contributed by atoms with van der Waals surface area (Å²) in [4.78, 5) is 28.7. The van der Waals surface area contributed by atoms with Gasteiger partial charge in [-0.2, -0.15) is 0 Å². The first-order valence-electron chi connectivity index (χ1n) is 9.43. The fourth-order valence-electron chi connectivity index (χ4n) is 3.83. The molecule has 0 aromatic rings. The Morgan fingerprint density at radius 1 is 1.04 bits per heavy atom. The van der Waals surface area contributed by atoms with Crippen LogP contribution in [0.15, 0.2) is 0 Å². The van der Waals surface area contributed by atoms with Crippen LogP contribution in [0.1, 0.15) is 52.4 Å². The van der Waals surface area contributed by atoms with Crippen LogP contribution in [0.4, 0.5) is 0 Å². The van der Waals surface area contributed by atoms with Crippen LogP contribution in [0.2, 0.25) is 0 Å². The number of hydrogen-bond donors (Lipinski definition) is 1. The maximum atomic E-state index is 12.4. The Labute approximate surface area is 152 Å². The van der Waals surface area contributed by atoms with E-state index in [1.807, 2.05) is 23.6 Å². The molecule has 6 heteroatoms. The van der Waals surface area contributed by atoms with Crippen LogP contribution in [-0.2, 0) is 9.59 Å². The Balaban J connectivity index is 0.00000288. The minimum absolute atomic E-state index is 0. The minimum atomic E-state index is 0. The Morgan fingerprint density at radius 3 is 2.17 bits per heavy atom. The van der Waals surface area contributed by atoms with Crippen LogP contribution >= 0.6 is 12.4 Å². The normalized spacial score (nSPS) is 19.7. The zero-order valence-corrected chi connectivity index (χ0v) is 16.1. The lowest BCUT2D eigenvalue weighted by Gasteiger charge is -2.34. The standard InChI is InChI=1S/C18H33N3O2.ClH/c1-3-20(4-2)18(23)16-9-13-21(14-10-16)17(22)6-5-15-7-11-19-12-8-15;/h15-16,19H,3-14H2,1-2H3;1H. The second kappa shape index (κ2) is 10.9. The third kappa shape index (κ3) is 5.92. The van der Waals surface area contributed by atoms with E-state index in [-0.39, 0.29) is 30.1 Å². The van der Waals surface area contributed by atoms with Gasteiger partial charge in [-0.1, -0.05) is 0 Å². The predicted octanol–water partition coefficient (Wildman–Crippen LogP) is 2.30. The highest BCUT2D eigenvalue weighted by Crippen LogP contribution is 2.22. The van der Waals surface area contributed by atoms with Gasteiger partial charge in [0.1, 0.15) is 0 Å². The highest BCUT2D eigenvalue weighted by Gasteiger charge is 2.29. The summed E-state index contributed by atoms with van der Waals surface area (Å²) in [5.74, 6) is 1.39. The molecule has 2 aliphatic heterocycles. The zero-order chi connectivity index (χ0) is 16.7. The Bertz CT molecular complexity index is 388. The third-order valence-electron chi connectivity index (χ3n) is 5.50. The summed E-state index contributed by atoms with van der Waals surface area (Å²) in [6, 6.07) is 0. The number of amides is 2. The third-order valence-corrected chi connectivity index (χ3v) is 5.50. The van der Waals surface area contributed by atoms with Gasteiger partial charge in [0.05, 0.1) is 0 Å². The van der Waals surface area contributed by atoms with Gasteiger partial charge in [-0.3, -0.25) is 9.59 Å². The van der Waals surface area contributed by atoms with E-state index in [2.05, 4.69) is 5.32 Å². The van der Waals surface area contributed by atoms with E-state index in [9.17, 15) is 9.59 Å². The second-order valence-electron chi connectivity index (χ2n) is 6.90. The fraction of sp³-hybridized carbons (Fsp3) is 0.889. The molecule has 0 aromatic heterocycles. The quantitative estimate of drug-likeness (QED) is 0.791. The van der Waals surface area contributed by atoms with Gasteiger partial charge in [-0.05, 0) is 65.0 Å². The first-order chi connectivity index (χ1) is 11.2. The number of nitrogens with one attached hydrogen (secondary N) is 1. The highest BCUT2D eigenvalue weighted by atomic mass is 35.5. The first-order valence-corrected chi connectivity index (χ1v) is 9.43. The van der Waals surface area contributed by atoms with Crippen molar-refractivity contribution in [2.45, 2.75) is 52.4 Å². The molecule has 0 bridgehead atoms. The average molecular weight is 360 g/mol. The molecule has 140 valence electrons. The second-order valence-corrected chi connectivity index (χ2v) is 6.90. The lowest BCUT2D eigenvalue weighted by molar-refractivity contribution is -0.140. The fourth-order valence-corrected chi connectivity index (χ4v) is 3.83. The van der Waals surface area contributed by atoms with Crippen LogP contribution in [0.3, 0.4) is 0 Å². The van der Waals surface area contributed by atoms with Crippen molar-refractivity contribution in [3.8, 4) is 0 Å². The number of likely N-dealkylation sites (tertiary alicyclic amines) is 1. The molecule has 2 saturated heterocycles. The number of carbonyl (C=O) groups excluding carboxylic acids is 2. The Hall–Kier alpha value is -0.810. The Kier molecular flexibility index (Phi) is 9.67. The molecule has 5 nitrogen and oxygen atoms in total. The Morgan fingerprint density at radius 2 is 1.62 bits per heavy atom. The SMILES string of the molecule is CCN(CC)C(=O)C1CCN(C(=O)CCC2CCNCC2)CC1.Cl. The van der Waals surface area contributed by atoms with E-state index in [4.69, 9.17) is 0 Å². The van der Waals surface area contributed by atoms with Crippen molar-refractivity contribution in [1.29, 1.82) is 0 Å². The molecule has 2 aliphatic rings. The zero-order valence-electron chi connectivity index (χ0n) is 15.3. The molecule has 0 unspecified atom stereocenters. The van der Waals surface area contributed by atoms with Gasteiger partial charge in [0.25, 0.3) is 0 Å². The van der Waals surface area contributed by atoms with Crippen LogP contribution in [0.25, 0.3) is 0 Å². The van der Waals surface area contributed by atoms with Gasteiger partial charge in [0.15, 0.2) is 0 Å². The van der Waals surface area contributed by atoms with Gasteiger partial charge in [-0.25, -0.2) is 0 Å². The van der Waals surface area contributed by atoms with Crippen molar-refractivity contribution in [1.82, 2.24) is 15.1 Å². The molecule has 1 N–H and O–H groups in total. The summed E-state index contributed by atoms with van der Waals surface area (Å²) in [6.07, 6.45) is 5.77. The number of hydrogen-bond acceptors (Lipinski definition) is 3. The van der Waals surface area contributed by atoms with E-state index >= 15 is 0 Å². The van der Waals surface area contributed by atoms with Gasteiger partial charge in [0, 0.05) is 38.5 Å². The molecule has 2 amide bonds. The molecule has 0 spiro atoms. The van der Waals surface area contributed by atoms with E-state index in [0.29, 0.717) is 12.3 Å². The number of halogens is 1. The summed E-state index contributed by atoms with van der Waals surface area (Å²) in [5.41, 5.74) is 0. The van der Waals surface area contributed by atoms with Gasteiger partial charge < -0.3 is 15.1 Å². The molecule has 0 saturated carbocycles. The van der Waals surface area contributed by atoms with Gasteiger partial charge in [-0.15, -0.1) is 12.4 Å². The van der Waals surface area contributed by atoms with Crippen molar-refractivity contribution in [3.05, 3.63) is 0 Å². The van der Waals surface area contributed by atoms with Crippen molar-refractivity contribution in [2.24, 2.45) is 11.8 Å². The number of rotatable bonds is 6. The van der Waals surface area contributed by atoms with Crippen LogP contribution in [0.5, 0.6) is 0 Å². The molecule has 2 heterocycles. The summed E-state index contributed by atoms with van der Waals surface area (Å²) < 4.78 is 0. The van der Waals surface area contributed by atoms with E-state index < -0.39 is 0 Å². The van der Waals surface area contributed by atoms with Crippen LogP contribution in [-0.4, -0.2) is 60.9 Å². The van der Waals surface area contributed by atoms with Gasteiger partial charge >= 0.3 is 0 Å². The summed E-state index contributed by atoms with van der Waals surface area (Å²) in [6.45, 7) is 9.32. The largest absolute Gasteiger partial charge is 0.343 e. The van der Waals surface area contributed by atoms with Gasteiger partial charge in [0.2, 0.25) is 11.8 Å². The van der Waals surface area contributed by atoms with Crippen molar-refractivity contribution in [2.75, 3.05) is 39.3 Å². The number of nitrogens with zero attached hydrogens (tertiary/aromatic N) is 2. The lowest BCUT2D eigenvalue weighted by atomic mass is 9.92. The minimum Gasteiger partial charge on any atom is -0.343 e. The molecule has 24 heavy (non-hydrogen) atoms. The summed E-state index contributed by atoms with van der Waals surface area (Å²) in [7, 11) is 0. The number of carbonyl (C=O) groups is 2. The molecule has 0 atom stereocenters. The smallest absolute Gasteiger partial charge is 0.225 e. The first kappa shape index (κ1) is 21.2. The molecule has 0 radical (unpaired) electrons. The maximum absolute atomic E-state index is 12.4. The number of piperidine rings is 2. The molecular formula is C18H34ClN3O2. The van der Waals surface area contributed by atoms with E-state index in [1.165, 1.54) is 12.8 Å². The molecule has 0 aromatic carbocycles. The van der Waals surface area contributed by atoms with E-state index in [0.717, 1.165) is 58.5 Å². The topological polar surface area (TPSA) is 52.7 Å². The lowest BCUT2D eigenvalue weighted by Crippen LogP contribution is -2.44. The molecular weight excluding hydrogens is 326 g/mol. The van der Waals surface area contributed by atoms with E-state index in [1.54, 1.807) is 0 Å². The van der Waals surface area contributed by atoms with Crippen molar-refractivity contribution >= 4 is 24.2 Å². The van der Waals surface area contributed by atoms with Crippen molar-refractivity contribution in [3.63, 3.8) is 0 Å². The average Bonchev–Trinajstić information content (AvgIpc) is 2.61. The van der Waals surface area contributed by atoms with Crippen LogP contribution in [0, 0.1) is 11.8 Å². The maximum Gasteiger partial charge on any atom is 0.225 e. The van der Waals surface area contributed by atoms with Crippen LogP contribution < -0.4 is 5.32 Å². The molecule has 2 rings (SSSR count). The molecule has 0 aliphatic carbocycles. The summed E-state index contributed by atoms with van der Waals surface area (Å²) >= 11 is 0. The highest BCUT2D eigenvalue weighted by molar-refractivity contribution is 5.85. The summed E-state index contributed by atoms with van der Waals surface area (Å²) in [5, 5.41) is 3.37.